The molecule has 2 rings (SSSR count). The first-order valence-electron chi connectivity index (χ1n) is 9.64. The van der Waals surface area contributed by atoms with Crippen molar-refractivity contribution >= 4 is 45.7 Å². The second-order valence-electron chi connectivity index (χ2n) is 7.76. The minimum atomic E-state index is -0.617. The van der Waals surface area contributed by atoms with Crippen LogP contribution in [0.25, 0.3) is 0 Å². The summed E-state index contributed by atoms with van der Waals surface area (Å²) in [7, 11) is 0. The third kappa shape index (κ3) is 7.35. The first-order chi connectivity index (χ1) is 14.5. The topological polar surface area (TPSA) is 134 Å². The van der Waals surface area contributed by atoms with E-state index in [1.807, 2.05) is 0 Å². The molecule has 0 saturated carbocycles. The molecular formula is C20H25BrN4O6. The van der Waals surface area contributed by atoms with Gasteiger partial charge in [-0.1, -0.05) is 15.9 Å². The molecule has 0 aromatic heterocycles. The molecule has 1 aliphatic rings. The highest BCUT2D eigenvalue weighted by molar-refractivity contribution is 9.10. The Bertz CT molecular complexity index is 896. The van der Waals surface area contributed by atoms with Crippen LogP contribution >= 0.6 is 15.9 Å². The number of hydrogen-bond donors (Lipinski definition) is 3. The number of nitrogens with one attached hydrogen (secondary N) is 3. The summed E-state index contributed by atoms with van der Waals surface area (Å²) >= 11 is 3.25. The lowest BCUT2D eigenvalue weighted by Crippen LogP contribution is -2.43. The van der Waals surface area contributed by atoms with Crippen molar-refractivity contribution in [3.63, 3.8) is 0 Å². The first kappa shape index (κ1) is 24.3. The molecule has 3 N–H and O–H groups in total. The minimum Gasteiger partial charge on any atom is -0.444 e. The number of halogens is 1. The monoisotopic (exact) mass is 496 g/mol. The summed E-state index contributed by atoms with van der Waals surface area (Å²) in [5.74, 6) is -1.87. The van der Waals surface area contributed by atoms with Gasteiger partial charge in [-0.2, -0.15) is 0 Å². The number of amides is 5. The van der Waals surface area contributed by atoms with Crippen molar-refractivity contribution in [3.05, 3.63) is 33.8 Å². The van der Waals surface area contributed by atoms with Gasteiger partial charge in [0.1, 0.15) is 12.1 Å². The minimum absolute atomic E-state index is 0.0534. The summed E-state index contributed by atoms with van der Waals surface area (Å²) in [4.78, 5) is 60.9. The first-order valence-corrected chi connectivity index (χ1v) is 10.4. The largest absolute Gasteiger partial charge is 0.444 e. The Kier molecular flexibility index (Phi) is 8.14. The van der Waals surface area contributed by atoms with Gasteiger partial charge in [0.15, 0.2) is 0 Å². The van der Waals surface area contributed by atoms with Crippen molar-refractivity contribution in [1.82, 2.24) is 20.9 Å². The second kappa shape index (κ2) is 10.4. The highest BCUT2D eigenvalue weighted by Gasteiger charge is 2.36. The van der Waals surface area contributed by atoms with E-state index < -0.39 is 36.0 Å². The number of rotatable bonds is 8. The van der Waals surface area contributed by atoms with E-state index in [2.05, 4.69) is 31.9 Å². The Morgan fingerprint density at radius 3 is 2.19 bits per heavy atom. The molecule has 11 heteroatoms. The van der Waals surface area contributed by atoms with Crippen LogP contribution in [0.1, 0.15) is 47.9 Å². The Balaban J connectivity index is 1.64. The number of carbonyl (C=O) groups is 5. The molecule has 1 heterocycles. The van der Waals surface area contributed by atoms with E-state index in [9.17, 15) is 24.0 Å². The van der Waals surface area contributed by atoms with Crippen molar-refractivity contribution in [1.29, 1.82) is 0 Å². The Hall–Kier alpha value is -2.95. The lowest BCUT2D eigenvalue weighted by molar-refractivity contribution is -0.123. The summed E-state index contributed by atoms with van der Waals surface area (Å²) in [5, 5.41) is 7.61. The molecule has 1 aromatic carbocycles. The molecule has 31 heavy (non-hydrogen) atoms. The average molecular weight is 497 g/mol. The van der Waals surface area contributed by atoms with Gasteiger partial charge in [-0.25, -0.2) is 4.79 Å². The van der Waals surface area contributed by atoms with Gasteiger partial charge < -0.3 is 20.7 Å². The van der Waals surface area contributed by atoms with E-state index in [1.54, 1.807) is 32.9 Å². The number of hydrogen-bond acceptors (Lipinski definition) is 6. The van der Waals surface area contributed by atoms with Gasteiger partial charge in [-0.05, 0) is 39.0 Å². The van der Waals surface area contributed by atoms with E-state index in [0.717, 1.165) is 4.90 Å². The zero-order valence-electron chi connectivity index (χ0n) is 17.5. The van der Waals surface area contributed by atoms with Crippen LogP contribution in [-0.4, -0.2) is 66.4 Å². The molecule has 0 unspecified atom stereocenters. The predicted octanol–water partition coefficient (Wildman–Crippen LogP) is 1.19. The fraction of sp³-hybridized carbons (Fsp3) is 0.450. The van der Waals surface area contributed by atoms with Crippen LogP contribution in [0.15, 0.2) is 22.7 Å². The van der Waals surface area contributed by atoms with Crippen molar-refractivity contribution in [2.45, 2.75) is 32.8 Å². The maximum Gasteiger partial charge on any atom is 0.407 e. The van der Waals surface area contributed by atoms with E-state index in [0.29, 0.717) is 4.47 Å². The van der Waals surface area contributed by atoms with E-state index in [1.165, 1.54) is 6.07 Å². The SMILES string of the molecule is CC(C)(C)OC(=O)NCCC(=O)NCCNC(=O)CN1C(=O)c2ccc(Br)cc2C1=O. The van der Waals surface area contributed by atoms with Gasteiger partial charge in [0.2, 0.25) is 11.8 Å². The maximum atomic E-state index is 12.3. The molecule has 0 atom stereocenters. The lowest BCUT2D eigenvalue weighted by atomic mass is 10.1. The fourth-order valence-corrected chi connectivity index (χ4v) is 3.05. The molecule has 0 fully saturated rings. The normalized spacial score (nSPS) is 13.0. The average Bonchev–Trinajstić information content (AvgIpc) is 2.88. The van der Waals surface area contributed by atoms with Gasteiger partial charge in [0.25, 0.3) is 11.8 Å². The molecule has 0 bridgehead atoms. The standard InChI is InChI=1S/C20H25BrN4O6/c1-20(2,3)31-19(30)24-7-6-15(26)22-8-9-23-16(27)11-25-17(28)13-5-4-12(21)10-14(13)18(25)29/h4-5,10H,6-9,11H2,1-3H3,(H,22,26)(H,23,27)(H,24,30). The van der Waals surface area contributed by atoms with E-state index in [4.69, 9.17) is 4.74 Å². The molecule has 0 radical (unpaired) electrons. The van der Waals surface area contributed by atoms with Crippen molar-refractivity contribution in [2.75, 3.05) is 26.2 Å². The molecule has 10 nitrogen and oxygen atoms in total. The summed E-state index contributed by atoms with van der Waals surface area (Å²) in [5.41, 5.74) is -0.109. The molecule has 0 spiro atoms. The van der Waals surface area contributed by atoms with Crippen LogP contribution in [0.4, 0.5) is 4.79 Å². The quantitative estimate of drug-likeness (QED) is 0.365. The van der Waals surface area contributed by atoms with Crippen LogP contribution in [-0.2, 0) is 14.3 Å². The van der Waals surface area contributed by atoms with Crippen molar-refractivity contribution in [2.24, 2.45) is 0 Å². The number of benzene rings is 1. The number of imide groups is 1. The Morgan fingerprint density at radius 2 is 1.55 bits per heavy atom. The van der Waals surface area contributed by atoms with E-state index in [-0.39, 0.29) is 43.1 Å². The highest BCUT2D eigenvalue weighted by atomic mass is 79.9. The predicted molar refractivity (Wildman–Crippen MR) is 114 cm³/mol. The van der Waals surface area contributed by atoms with Crippen LogP contribution in [0.2, 0.25) is 0 Å². The highest BCUT2D eigenvalue weighted by Crippen LogP contribution is 2.25. The van der Waals surface area contributed by atoms with E-state index >= 15 is 0 Å². The second-order valence-corrected chi connectivity index (χ2v) is 8.68. The molecule has 0 saturated heterocycles. The number of nitrogens with zero attached hydrogens (tertiary/aromatic N) is 1. The Morgan fingerprint density at radius 1 is 0.935 bits per heavy atom. The third-order valence-electron chi connectivity index (χ3n) is 4.02. The zero-order valence-corrected chi connectivity index (χ0v) is 19.1. The molecular weight excluding hydrogens is 472 g/mol. The molecule has 1 aliphatic heterocycles. The summed E-state index contributed by atoms with van der Waals surface area (Å²) in [6.45, 7) is 5.20. The summed E-state index contributed by atoms with van der Waals surface area (Å²) in [6, 6.07) is 4.73. The summed E-state index contributed by atoms with van der Waals surface area (Å²) < 4.78 is 5.72. The number of carbonyl (C=O) groups excluding carboxylic acids is 5. The summed E-state index contributed by atoms with van der Waals surface area (Å²) in [6.07, 6.45) is -0.550. The number of ether oxygens (including phenoxy) is 1. The fourth-order valence-electron chi connectivity index (χ4n) is 2.69. The van der Waals surface area contributed by atoms with Crippen LogP contribution in [0.3, 0.4) is 0 Å². The van der Waals surface area contributed by atoms with Crippen molar-refractivity contribution in [3.8, 4) is 0 Å². The van der Waals surface area contributed by atoms with Crippen molar-refractivity contribution < 1.29 is 28.7 Å². The molecule has 0 aliphatic carbocycles. The smallest absolute Gasteiger partial charge is 0.407 e. The molecule has 5 amide bonds. The van der Waals surface area contributed by atoms with Gasteiger partial charge in [0, 0.05) is 30.5 Å². The molecule has 168 valence electrons. The van der Waals surface area contributed by atoms with Crippen LogP contribution in [0.5, 0.6) is 0 Å². The number of alkyl carbamates (subject to hydrolysis) is 1. The Labute approximate surface area is 188 Å². The lowest BCUT2D eigenvalue weighted by Gasteiger charge is -2.19. The van der Waals surface area contributed by atoms with Crippen LogP contribution in [0, 0.1) is 0 Å². The van der Waals surface area contributed by atoms with Gasteiger partial charge in [-0.15, -0.1) is 0 Å². The van der Waals surface area contributed by atoms with Crippen LogP contribution < -0.4 is 16.0 Å². The number of fused-ring (bicyclic) bond motifs is 1. The zero-order chi connectivity index (χ0) is 23.2. The van der Waals surface area contributed by atoms with Gasteiger partial charge in [0.05, 0.1) is 11.1 Å². The maximum absolute atomic E-state index is 12.3. The van der Waals surface area contributed by atoms with Gasteiger partial charge in [-0.3, -0.25) is 24.1 Å². The molecule has 1 aromatic rings. The third-order valence-corrected chi connectivity index (χ3v) is 4.52. The van der Waals surface area contributed by atoms with Gasteiger partial charge >= 0.3 is 6.09 Å².